The third kappa shape index (κ3) is 4.28. The first-order valence-electron chi connectivity index (χ1n) is 10.3. The average Bonchev–Trinajstić information content (AvgIpc) is 3.14. The topological polar surface area (TPSA) is 33.1 Å². The van der Waals surface area contributed by atoms with E-state index in [1.54, 1.807) is 0 Å². The van der Waals surface area contributed by atoms with E-state index in [-0.39, 0.29) is 0 Å². The summed E-state index contributed by atoms with van der Waals surface area (Å²) in [4.78, 5) is 2.56. The van der Waals surface area contributed by atoms with Gasteiger partial charge in [-0.1, -0.05) is 42.5 Å². The number of aromatic nitrogens is 2. The van der Waals surface area contributed by atoms with E-state index in [0.29, 0.717) is 6.04 Å². The second-order valence-electron chi connectivity index (χ2n) is 7.80. The van der Waals surface area contributed by atoms with Crippen molar-refractivity contribution in [2.45, 2.75) is 32.2 Å². The Kier molecular flexibility index (Phi) is 5.77. The molecule has 0 atom stereocenters. The molecule has 1 aromatic heterocycles. The number of nitrogens with zero attached hydrogens (tertiary/aromatic N) is 3. The summed E-state index contributed by atoms with van der Waals surface area (Å²) in [5, 5.41) is 7.98. The molecular weight excluding hydrogens is 344 g/mol. The van der Waals surface area contributed by atoms with E-state index in [1.807, 2.05) is 17.9 Å². The summed E-state index contributed by atoms with van der Waals surface area (Å²) in [5.74, 6) is 0. The fourth-order valence-electron chi connectivity index (χ4n) is 4.24. The number of piperidine rings is 1. The molecule has 1 N–H and O–H groups in total. The zero-order valence-electron chi connectivity index (χ0n) is 16.9. The third-order valence-electron chi connectivity index (χ3n) is 5.83. The first kappa shape index (κ1) is 18.8. The molecular formula is C24H30N4. The maximum absolute atomic E-state index is 4.24. The van der Waals surface area contributed by atoms with Crippen molar-refractivity contribution in [1.82, 2.24) is 15.1 Å². The minimum absolute atomic E-state index is 0.616. The molecule has 1 saturated heterocycles. The van der Waals surface area contributed by atoms with Crippen LogP contribution in [0.15, 0.2) is 60.9 Å². The van der Waals surface area contributed by atoms with Gasteiger partial charge in [-0.05, 0) is 61.1 Å². The van der Waals surface area contributed by atoms with Gasteiger partial charge >= 0.3 is 0 Å². The molecule has 1 aliphatic rings. The maximum atomic E-state index is 4.24. The zero-order valence-corrected chi connectivity index (χ0v) is 16.9. The molecule has 4 nitrogen and oxygen atoms in total. The van der Waals surface area contributed by atoms with Crippen LogP contribution in [-0.2, 0) is 13.5 Å². The van der Waals surface area contributed by atoms with Gasteiger partial charge in [0.15, 0.2) is 0 Å². The van der Waals surface area contributed by atoms with E-state index in [1.165, 1.54) is 40.8 Å². The van der Waals surface area contributed by atoms with E-state index >= 15 is 0 Å². The van der Waals surface area contributed by atoms with E-state index in [9.17, 15) is 0 Å². The lowest BCUT2D eigenvalue weighted by molar-refractivity contribution is 0.417. The van der Waals surface area contributed by atoms with Gasteiger partial charge in [0.25, 0.3) is 0 Å². The summed E-state index contributed by atoms with van der Waals surface area (Å²) in [6.45, 7) is 5.52. The first-order chi connectivity index (χ1) is 13.7. The van der Waals surface area contributed by atoms with E-state index in [4.69, 9.17) is 0 Å². The number of hydrogen-bond donors (Lipinski definition) is 1. The Bertz CT molecular complexity index is 892. The lowest BCUT2D eigenvalue weighted by Gasteiger charge is -2.35. The highest BCUT2D eigenvalue weighted by Gasteiger charge is 2.20. The molecule has 0 spiro atoms. The van der Waals surface area contributed by atoms with E-state index in [0.717, 1.165) is 26.1 Å². The van der Waals surface area contributed by atoms with Crippen molar-refractivity contribution < 1.29 is 0 Å². The fraction of sp³-hybridized carbons (Fsp3) is 0.375. The smallest absolute Gasteiger partial charge is 0.0522 e. The molecule has 0 radical (unpaired) electrons. The van der Waals surface area contributed by atoms with Gasteiger partial charge in [0.05, 0.1) is 6.20 Å². The molecule has 0 unspecified atom stereocenters. The average molecular weight is 375 g/mol. The van der Waals surface area contributed by atoms with Crippen LogP contribution in [-0.4, -0.2) is 35.5 Å². The van der Waals surface area contributed by atoms with Crippen molar-refractivity contribution in [3.05, 3.63) is 72.1 Å². The molecule has 28 heavy (non-hydrogen) atoms. The number of anilines is 1. The molecule has 0 aliphatic carbocycles. The highest BCUT2D eigenvalue weighted by atomic mass is 15.2. The second kappa shape index (κ2) is 8.61. The SMILES string of the molecule is Cc1c(-c2ccccc2)cccc1N1CCC(NCCc2cnn(C)c2)CC1. The van der Waals surface area contributed by atoms with Gasteiger partial charge in [-0.2, -0.15) is 5.10 Å². The van der Waals surface area contributed by atoms with Crippen LogP contribution in [0.5, 0.6) is 0 Å². The van der Waals surface area contributed by atoms with Crippen molar-refractivity contribution >= 4 is 5.69 Å². The van der Waals surface area contributed by atoms with E-state index in [2.05, 4.69) is 77.0 Å². The van der Waals surface area contributed by atoms with Gasteiger partial charge in [0.2, 0.25) is 0 Å². The van der Waals surface area contributed by atoms with Gasteiger partial charge in [-0.3, -0.25) is 4.68 Å². The molecule has 0 saturated carbocycles. The Morgan fingerprint density at radius 1 is 1.04 bits per heavy atom. The molecule has 3 aromatic rings. The molecule has 4 rings (SSSR count). The third-order valence-corrected chi connectivity index (χ3v) is 5.83. The minimum atomic E-state index is 0.616. The Balaban J connectivity index is 1.34. The van der Waals surface area contributed by atoms with Crippen LogP contribution in [0.4, 0.5) is 5.69 Å². The first-order valence-corrected chi connectivity index (χ1v) is 10.3. The van der Waals surface area contributed by atoms with Crippen LogP contribution in [0.1, 0.15) is 24.0 Å². The maximum Gasteiger partial charge on any atom is 0.0522 e. The van der Waals surface area contributed by atoms with Crippen LogP contribution in [0.3, 0.4) is 0 Å². The number of aryl methyl sites for hydroxylation is 1. The van der Waals surface area contributed by atoms with Crippen molar-refractivity contribution in [3.8, 4) is 11.1 Å². The Hall–Kier alpha value is -2.59. The molecule has 1 fully saturated rings. The summed E-state index contributed by atoms with van der Waals surface area (Å²) < 4.78 is 1.87. The Labute approximate surface area is 168 Å². The van der Waals surface area contributed by atoms with Gasteiger partial charge in [0.1, 0.15) is 0 Å². The summed E-state index contributed by atoms with van der Waals surface area (Å²) in [6.07, 6.45) is 7.51. The predicted molar refractivity (Wildman–Crippen MR) is 117 cm³/mol. The van der Waals surface area contributed by atoms with Crippen LogP contribution in [0, 0.1) is 6.92 Å². The monoisotopic (exact) mass is 374 g/mol. The Morgan fingerprint density at radius 3 is 2.54 bits per heavy atom. The van der Waals surface area contributed by atoms with Crippen molar-refractivity contribution in [2.24, 2.45) is 7.05 Å². The van der Waals surface area contributed by atoms with Crippen LogP contribution < -0.4 is 10.2 Å². The van der Waals surface area contributed by atoms with Gasteiger partial charge in [-0.15, -0.1) is 0 Å². The number of hydrogen-bond acceptors (Lipinski definition) is 3. The van der Waals surface area contributed by atoms with Crippen molar-refractivity contribution in [1.29, 1.82) is 0 Å². The summed E-state index contributed by atoms with van der Waals surface area (Å²) in [6, 6.07) is 18.0. The molecule has 1 aliphatic heterocycles. The highest BCUT2D eigenvalue weighted by molar-refractivity contribution is 5.74. The number of benzene rings is 2. The summed E-state index contributed by atoms with van der Waals surface area (Å²) in [5.41, 5.74) is 6.72. The molecule has 146 valence electrons. The van der Waals surface area contributed by atoms with E-state index < -0.39 is 0 Å². The Morgan fingerprint density at radius 2 is 1.82 bits per heavy atom. The molecule has 0 bridgehead atoms. The van der Waals surface area contributed by atoms with Crippen molar-refractivity contribution in [2.75, 3.05) is 24.5 Å². The fourth-order valence-corrected chi connectivity index (χ4v) is 4.24. The molecule has 2 aromatic carbocycles. The quantitative estimate of drug-likeness (QED) is 0.702. The standard InChI is InChI=1S/C24H30N4/c1-19-23(21-7-4-3-5-8-21)9-6-10-24(19)28-15-12-22(13-16-28)25-14-11-20-17-26-27(2)18-20/h3-10,17-18,22,25H,11-16H2,1-2H3. The lowest BCUT2D eigenvalue weighted by Crippen LogP contribution is -2.43. The number of rotatable bonds is 6. The minimum Gasteiger partial charge on any atom is -0.371 e. The largest absolute Gasteiger partial charge is 0.371 e. The predicted octanol–water partition coefficient (Wildman–Crippen LogP) is 4.20. The van der Waals surface area contributed by atoms with Gasteiger partial charge in [0, 0.05) is 38.1 Å². The molecule has 0 amide bonds. The number of nitrogens with one attached hydrogen (secondary N) is 1. The van der Waals surface area contributed by atoms with Gasteiger partial charge < -0.3 is 10.2 Å². The normalized spacial score (nSPS) is 15.1. The summed E-state index contributed by atoms with van der Waals surface area (Å²) in [7, 11) is 1.97. The van der Waals surface area contributed by atoms with Gasteiger partial charge in [-0.25, -0.2) is 0 Å². The molecule has 2 heterocycles. The van der Waals surface area contributed by atoms with Crippen LogP contribution in [0.2, 0.25) is 0 Å². The second-order valence-corrected chi connectivity index (χ2v) is 7.80. The molecule has 4 heteroatoms. The lowest BCUT2D eigenvalue weighted by atomic mass is 9.97. The zero-order chi connectivity index (χ0) is 19.3. The summed E-state index contributed by atoms with van der Waals surface area (Å²) >= 11 is 0. The van der Waals surface area contributed by atoms with Crippen molar-refractivity contribution in [3.63, 3.8) is 0 Å². The van der Waals surface area contributed by atoms with Crippen LogP contribution in [0.25, 0.3) is 11.1 Å². The van der Waals surface area contributed by atoms with Crippen LogP contribution >= 0.6 is 0 Å². The highest BCUT2D eigenvalue weighted by Crippen LogP contribution is 2.32.